The van der Waals surface area contributed by atoms with Crippen LogP contribution in [0.4, 0.5) is 17.5 Å². The largest absolute Gasteiger partial charge is 0.364 e. The highest BCUT2D eigenvalue weighted by Gasteiger charge is 2.16. The second-order valence-electron chi connectivity index (χ2n) is 3.85. The van der Waals surface area contributed by atoms with Gasteiger partial charge in [0.25, 0.3) is 0 Å². The van der Waals surface area contributed by atoms with E-state index in [4.69, 9.17) is 4.52 Å². The summed E-state index contributed by atoms with van der Waals surface area (Å²) in [6.07, 6.45) is 1.59. The van der Waals surface area contributed by atoms with E-state index in [2.05, 4.69) is 30.7 Å². The smallest absolute Gasteiger partial charge is 0.329 e. The van der Waals surface area contributed by atoms with E-state index in [9.17, 15) is 10.1 Å². The number of hydrogen-bond donors (Lipinski definition) is 2. The molecule has 10 nitrogen and oxygen atoms in total. The molecule has 0 radical (unpaired) electrons. The lowest BCUT2D eigenvalue weighted by molar-refractivity contribution is -0.384. The summed E-state index contributed by atoms with van der Waals surface area (Å²) >= 11 is 0. The minimum Gasteiger partial charge on any atom is -0.364 e. The molecule has 0 amide bonds. The standard InChI is InChI=1S/C10H13N7O3/c1-6-14-8(20-16-6)3-4-12-9-7(17(18)19)5-13-10(11-2)15-9/h5H,3-4H2,1-2H3,(H2,11,12,13,15). The Hall–Kier alpha value is -2.78. The summed E-state index contributed by atoms with van der Waals surface area (Å²) in [6.45, 7) is 2.09. The van der Waals surface area contributed by atoms with Crippen molar-refractivity contribution in [3.8, 4) is 0 Å². The second-order valence-corrected chi connectivity index (χ2v) is 3.85. The number of nitrogens with one attached hydrogen (secondary N) is 2. The van der Waals surface area contributed by atoms with Gasteiger partial charge in [-0.15, -0.1) is 0 Å². The van der Waals surface area contributed by atoms with Crippen molar-refractivity contribution in [2.75, 3.05) is 24.2 Å². The highest BCUT2D eigenvalue weighted by molar-refractivity contribution is 5.56. The highest BCUT2D eigenvalue weighted by atomic mass is 16.6. The van der Waals surface area contributed by atoms with Crippen LogP contribution in [0, 0.1) is 17.0 Å². The summed E-state index contributed by atoms with van der Waals surface area (Å²) in [5.41, 5.74) is -0.189. The minimum atomic E-state index is -0.543. The van der Waals surface area contributed by atoms with Gasteiger partial charge in [-0.2, -0.15) is 9.97 Å². The molecule has 0 unspecified atom stereocenters. The van der Waals surface area contributed by atoms with Gasteiger partial charge in [-0.25, -0.2) is 4.98 Å². The molecule has 0 saturated heterocycles. The van der Waals surface area contributed by atoms with Crippen LogP contribution in [-0.4, -0.2) is 38.6 Å². The zero-order valence-corrected chi connectivity index (χ0v) is 11.0. The van der Waals surface area contributed by atoms with Crippen LogP contribution in [0.1, 0.15) is 11.7 Å². The predicted octanol–water partition coefficient (Wildman–Crippen LogP) is 0.773. The molecule has 2 aromatic heterocycles. The normalized spacial score (nSPS) is 10.3. The summed E-state index contributed by atoms with van der Waals surface area (Å²) < 4.78 is 4.94. The SMILES string of the molecule is CNc1ncc([N+](=O)[O-])c(NCCc2nc(C)no2)n1. The molecule has 0 aliphatic heterocycles. The third kappa shape index (κ3) is 3.16. The Balaban J connectivity index is 2.05. The average Bonchev–Trinajstić information content (AvgIpc) is 2.84. The van der Waals surface area contributed by atoms with Crippen molar-refractivity contribution in [2.24, 2.45) is 0 Å². The van der Waals surface area contributed by atoms with Gasteiger partial charge in [0, 0.05) is 20.0 Å². The lowest BCUT2D eigenvalue weighted by atomic mass is 10.4. The first-order valence-corrected chi connectivity index (χ1v) is 5.82. The molecule has 0 fully saturated rings. The number of rotatable bonds is 6. The molecule has 0 atom stereocenters. The fourth-order valence-corrected chi connectivity index (χ4v) is 1.49. The zero-order chi connectivity index (χ0) is 14.5. The van der Waals surface area contributed by atoms with Crippen LogP contribution < -0.4 is 10.6 Å². The van der Waals surface area contributed by atoms with Gasteiger partial charge in [0.1, 0.15) is 6.20 Å². The Kier molecular flexibility index (Phi) is 4.03. The summed E-state index contributed by atoms with van der Waals surface area (Å²) in [5.74, 6) is 1.45. The van der Waals surface area contributed by atoms with E-state index in [0.29, 0.717) is 30.6 Å². The van der Waals surface area contributed by atoms with Crippen LogP contribution in [-0.2, 0) is 6.42 Å². The van der Waals surface area contributed by atoms with Crippen LogP contribution in [0.5, 0.6) is 0 Å². The number of aryl methyl sites for hydroxylation is 1. The van der Waals surface area contributed by atoms with Gasteiger partial charge in [-0.1, -0.05) is 5.16 Å². The van der Waals surface area contributed by atoms with E-state index >= 15 is 0 Å². The van der Waals surface area contributed by atoms with Crippen LogP contribution >= 0.6 is 0 Å². The molecule has 2 aromatic rings. The summed E-state index contributed by atoms with van der Waals surface area (Å²) in [5, 5.41) is 20.1. The molecule has 20 heavy (non-hydrogen) atoms. The Morgan fingerprint density at radius 3 is 2.85 bits per heavy atom. The van der Waals surface area contributed by atoms with Crippen LogP contribution in [0.25, 0.3) is 0 Å². The number of aromatic nitrogens is 4. The van der Waals surface area contributed by atoms with Crippen molar-refractivity contribution >= 4 is 17.5 Å². The second kappa shape index (κ2) is 5.91. The van der Waals surface area contributed by atoms with Crippen molar-refractivity contribution in [1.82, 2.24) is 20.1 Å². The van der Waals surface area contributed by atoms with E-state index in [1.165, 1.54) is 0 Å². The molecule has 2 heterocycles. The lowest BCUT2D eigenvalue weighted by Gasteiger charge is -2.06. The zero-order valence-electron chi connectivity index (χ0n) is 11.0. The maximum Gasteiger partial charge on any atom is 0.329 e. The van der Waals surface area contributed by atoms with E-state index in [-0.39, 0.29) is 11.5 Å². The monoisotopic (exact) mass is 279 g/mol. The molecule has 2 N–H and O–H groups in total. The Morgan fingerprint density at radius 2 is 2.25 bits per heavy atom. The predicted molar refractivity (Wildman–Crippen MR) is 69.5 cm³/mol. The summed E-state index contributed by atoms with van der Waals surface area (Å²) in [4.78, 5) is 22.2. The molecule has 0 saturated carbocycles. The Bertz CT molecular complexity index is 613. The van der Waals surface area contributed by atoms with E-state index in [0.717, 1.165) is 6.20 Å². The van der Waals surface area contributed by atoms with Gasteiger partial charge < -0.3 is 15.2 Å². The highest BCUT2D eigenvalue weighted by Crippen LogP contribution is 2.21. The van der Waals surface area contributed by atoms with Crippen molar-refractivity contribution in [2.45, 2.75) is 13.3 Å². The molecule has 0 aliphatic carbocycles. The molecule has 0 aliphatic rings. The lowest BCUT2D eigenvalue weighted by Crippen LogP contribution is -2.10. The third-order valence-corrected chi connectivity index (χ3v) is 2.39. The topological polar surface area (TPSA) is 132 Å². The van der Waals surface area contributed by atoms with Crippen LogP contribution in [0.3, 0.4) is 0 Å². The Labute approximate surface area is 113 Å². The van der Waals surface area contributed by atoms with Crippen molar-refractivity contribution < 1.29 is 9.45 Å². The van der Waals surface area contributed by atoms with Gasteiger partial charge in [-0.3, -0.25) is 10.1 Å². The van der Waals surface area contributed by atoms with Gasteiger partial charge >= 0.3 is 5.69 Å². The van der Waals surface area contributed by atoms with E-state index in [1.807, 2.05) is 0 Å². The summed E-state index contributed by atoms with van der Waals surface area (Å²) in [7, 11) is 1.63. The fourth-order valence-electron chi connectivity index (χ4n) is 1.49. The van der Waals surface area contributed by atoms with E-state index in [1.54, 1.807) is 14.0 Å². The molecule has 0 spiro atoms. The first kappa shape index (κ1) is 13.6. The first-order chi connectivity index (χ1) is 9.60. The number of hydrogen-bond acceptors (Lipinski definition) is 9. The quantitative estimate of drug-likeness (QED) is 0.581. The van der Waals surface area contributed by atoms with Gasteiger partial charge in [0.05, 0.1) is 4.92 Å². The van der Waals surface area contributed by atoms with Gasteiger partial charge in [0.15, 0.2) is 5.82 Å². The fraction of sp³-hybridized carbons (Fsp3) is 0.400. The molecule has 0 bridgehead atoms. The molecule has 106 valence electrons. The third-order valence-electron chi connectivity index (χ3n) is 2.39. The first-order valence-electron chi connectivity index (χ1n) is 5.82. The number of nitro groups is 1. The summed E-state index contributed by atoms with van der Waals surface area (Å²) in [6, 6.07) is 0. The minimum absolute atomic E-state index is 0.144. The van der Waals surface area contributed by atoms with Crippen LogP contribution in [0.2, 0.25) is 0 Å². The van der Waals surface area contributed by atoms with Crippen molar-refractivity contribution in [3.05, 3.63) is 28.0 Å². The average molecular weight is 279 g/mol. The number of anilines is 2. The maximum atomic E-state index is 10.9. The molecule has 10 heteroatoms. The molecule has 0 aromatic carbocycles. The van der Waals surface area contributed by atoms with Crippen LogP contribution in [0.15, 0.2) is 10.7 Å². The van der Waals surface area contributed by atoms with Crippen molar-refractivity contribution in [1.29, 1.82) is 0 Å². The molecular weight excluding hydrogens is 266 g/mol. The maximum absolute atomic E-state index is 10.9. The van der Waals surface area contributed by atoms with Gasteiger partial charge in [0.2, 0.25) is 17.7 Å². The number of nitrogens with zero attached hydrogens (tertiary/aromatic N) is 5. The molecular formula is C10H13N7O3. The van der Waals surface area contributed by atoms with Crippen molar-refractivity contribution in [3.63, 3.8) is 0 Å². The Morgan fingerprint density at radius 1 is 1.45 bits per heavy atom. The molecule has 2 rings (SSSR count). The van der Waals surface area contributed by atoms with E-state index < -0.39 is 4.92 Å². The van der Waals surface area contributed by atoms with Gasteiger partial charge in [-0.05, 0) is 6.92 Å².